The van der Waals surface area contributed by atoms with Crippen molar-refractivity contribution >= 4 is 5.78 Å². The second-order valence-corrected chi connectivity index (χ2v) is 5.86. The van der Waals surface area contributed by atoms with E-state index in [-0.39, 0.29) is 18.5 Å². The minimum Gasteiger partial charge on any atom is -0.497 e. The summed E-state index contributed by atoms with van der Waals surface area (Å²) in [6.45, 7) is 4.73. The SMILES string of the molecule is COc1cccc(C(=O)COC2CCC(C)C(C)C2)c1. The van der Waals surface area contributed by atoms with Gasteiger partial charge >= 0.3 is 0 Å². The fraction of sp³-hybridized carbons (Fsp3) is 0.588. The smallest absolute Gasteiger partial charge is 0.188 e. The van der Waals surface area contributed by atoms with Crippen LogP contribution < -0.4 is 4.74 Å². The first-order valence-electron chi connectivity index (χ1n) is 7.39. The molecule has 3 unspecified atom stereocenters. The Morgan fingerprint density at radius 3 is 2.75 bits per heavy atom. The summed E-state index contributed by atoms with van der Waals surface area (Å²) in [4.78, 5) is 12.1. The van der Waals surface area contributed by atoms with Crippen LogP contribution in [0.15, 0.2) is 24.3 Å². The van der Waals surface area contributed by atoms with Crippen molar-refractivity contribution in [1.82, 2.24) is 0 Å². The van der Waals surface area contributed by atoms with Gasteiger partial charge in [0.2, 0.25) is 0 Å². The summed E-state index contributed by atoms with van der Waals surface area (Å²) in [6.07, 6.45) is 3.55. The van der Waals surface area contributed by atoms with Crippen LogP contribution in [-0.4, -0.2) is 25.6 Å². The number of methoxy groups -OCH3 is 1. The zero-order valence-corrected chi connectivity index (χ0v) is 12.6. The number of hydrogen-bond acceptors (Lipinski definition) is 3. The van der Waals surface area contributed by atoms with Gasteiger partial charge in [-0.1, -0.05) is 26.0 Å². The quantitative estimate of drug-likeness (QED) is 0.769. The Morgan fingerprint density at radius 2 is 2.05 bits per heavy atom. The number of carbonyl (C=O) groups excluding carboxylic acids is 1. The van der Waals surface area contributed by atoms with Crippen LogP contribution in [0.4, 0.5) is 0 Å². The fourth-order valence-corrected chi connectivity index (χ4v) is 2.72. The maximum absolute atomic E-state index is 12.1. The van der Waals surface area contributed by atoms with Crippen LogP contribution in [0.25, 0.3) is 0 Å². The zero-order chi connectivity index (χ0) is 14.5. The molecular formula is C17H24O3. The predicted molar refractivity (Wildman–Crippen MR) is 79.2 cm³/mol. The van der Waals surface area contributed by atoms with Crippen LogP contribution in [-0.2, 0) is 4.74 Å². The first-order valence-corrected chi connectivity index (χ1v) is 7.39. The first kappa shape index (κ1) is 15.0. The minimum absolute atomic E-state index is 0.0233. The Kier molecular flexibility index (Phi) is 5.18. The fourth-order valence-electron chi connectivity index (χ4n) is 2.72. The Morgan fingerprint density at radius 1 is 1.25 bits per heavy atom. The van der Waals surface area contributed by atoms with Gasteiger partial charge in [0.15, 0.2) is 5.78 Å². The first-order chi connectivity index (χ1) is 9.60. The number of benzene rings is 1. The number of ketones is 1. The molecule has 1 aromatic rings. The average Bonchev–Trinajstić information content (AvgIpc) is 2.48. The molecule has 3 heteroatoms. The van der Waals surface area contributed by atoms with Crippen molar-refractivity contribution < 1.29 is 14.3 Å². The lowest BCUT2D eigenvalue weighted by molar-refractivity contribution is 0.00707. The van der Waals surface area contributed by atoms with E-state index in [2.05, 4.69) is 13.8 Å². The molecule has 20 heavy (non-hydrogen) atoms. The number of carbonyl (C=O) groups is 1. The highest BCUT2D eigenvalue weighted by Gasteiger charge is 2.25. The van der Waals surface area contributed by atoms with Crippen molar-refractivity contribution in [3.8, 4) is 5.75 Å². The van der Waals surface area contributed by atoms with E-state index in [0.29, 0.717) is 17.2 Å². The van der Waals surface area contributed by atoms with E-state index in [4.69, 9.17) is 9.47 Å². The Bertz CT molecular complexity index is 455. The molecule has 3 atom stereocenters. The molecule has 2 rings (SSSR count). The maximum atomic E-state index is 12.1. The van der Waals surface area contributed by atoms with E-state index in [1.165, 1.54) is 6.42 Å². The summed E-state index contributed by atoms with van der Waals surface area (Å²) < 4.78 is 10.9. The van der Waals surface area contributed by atoms with Gasteiger partial charge in [-0.3, -0.25) is 4.79 Å². The normalized spacial score (nSPS) is 26.2. The molecule has 1 fully saturated rings. The molecule has 1 saturated carbocycles. The highest BCUT2D eigenvalue weighted by molar-refractivity contribution is 5.97. The molecule has 0 N–H and O–H groups in total. The van der Waals surface area contributed by atoms with E-state index < -0.39 is 0 Å². The molecule has 1 aliphatic carbocycles. The van der Waals surface area contributed by atoms with Crippen molar-refractivity contribution in [2.24, 2.45) is 11.8 Å². The summed E-state index contributed by atoms with van der Waals surface area (Å²) in [5, 5.41) is 0. The largest absolute Gasteiger partial charge is 0.497 e. The molecule has 0 bridgehead atoms. The second-order valence-electron chi connectivity index (χ2n) is 5.86. The van der Waals surface area contributed by atoms with Gasteiger partial charge in [0.1, 0.15) is 12.4 Å². The van der Waals surface area contributed by atoms with Gasteiger partial charge in [-0.25, -0.2) is 0 Å². The second kappa shape index (κ2) is 6.89. The zero-order valence-electron chi connectivity index (χ0n) is 12.6. The number of ether oxygens (including phenoxy) is 2. The van der Waals surface area contributed by atoms with E-state index in [1.807, 2.05) is 12.1 Å². The monoisotopic (exact) mass is 276 g/mol. The van der Waals surface area contributed by atoms with E-state index in [0.717, 1.165) is 18.8 Å². The lowest BCUT2D eigenvalue weighted by atomic mass is 9.80. The highest BCUT2D eigenvalue weighted by Crippen LogP contribution is 2.30. The number of Topliss-reactive ketones (excluding diaryl/α,β-unsaturated/α-hetero) is 1. The molecule has 1 aliphatic rings. The Labute approximate surface area is 121 Å². The third kappa shape index (κ3) is 3.83. The molecule has 0 aromatic heterocycles. The molecule has 0 heterocycles. The van der Waals surface area contributed by atoms with Crippen molar-refractivity contribution in [2.75, 3.05) is 13.7 Å². The van der Waals surface area contributed by atoms with Gasteiger partial charge < -0.3 is 9.47 Å². The van der Waals surface area contributed by atoms with Crippen molar-refractivity contribution in [2.45, 2.75) is 39.2 Å². The molecule has 1 aromatic carbocycles. The molecule has 0 saturated heterocycles. The lowest BCUT2D eigenvalue weighted by Gasteiger charge is -2.31. The predicted octanol–water partition coefficient (Wildman–Crippen LogP) is 3.72. The summed E-state index contributed by atoms with van der Waals surface area (Å²) in [5.41, 5.74) is 0.654. The molecule has 0 amide bonds. The van der Waals surface area contributed by atoms with Crippen LogP contribution >= 0.6 is 0 Å². The minimum atomic E-state index is 0.0233. The van der Waals surface area contributed by atoms with E-state index in [9.17, 15) is 4.79 Å². The van der Waals surface area contributed by atoms with Crippen LogP contribution in [0.5, 0.6) is 5.75 Å². The van der Waals surface area contributed by atoms with Gasteiger partial charge in [-0.05, 0) is 43.2 Å². The summed E-state index contributed by atoms with van der Waals surface area (Å²) >= 11 is 0. The van der Waals surface area contributed by atoms with Crippen LogP contribution in [0.2, 0.25) is 0 Å². The number of hydrogen-bond donors (Lipinski definition) is 0. The molecule has 110 valence electrons. The van der Waals surface area contributed by atoms with Gasteiger partial charge in [0, 0.05) is 5.56 Å². The Balaban J connectivity index is 1.85. The average molecular weight is 276 g/mol. The molecule has 3 nitrogen and oxygen atoms in total. The van der Waals surface area contributed by atoms with E-state index >= 15 is 0 Å². The maximum Gasteiger partial charge on any atom is 0.188 e. The van der Waals surface area contributed by atoms with Crippen molar-refractivity contribution in [1.29, 1.82) is 0 Å². The van der Waals surface area contributed by atoms with Gasteiger partial charge in [0.05, 0.1) is 13.2 Å². The van der Waals surface area contributed by atoms with Gasteiger partial charge in [0.25, 0.3) is 0 Å². The Hall–Kier alpha value is -1.35. The van der Waals surface area contributed by atoms with Crippen LogP contribution in [0.3, 0.4) is 0 Å². The topological polar surface area (TPSA) is 35.5 Å². The van der Waals surface area contributed by atoms with Crippen LogP contribution in [0.1, 0.15) is 43.5 Å². The van der Waals surface area contributed by atoms with Crippen LogP contribution in [0, 0.1) is 11.8 Å². The third-order valence-corrected chi connectivity index (χ3v) is 4.39. The van der Waals surface area contributed by atoms with Crippen molar-refractivity contribution in [3.63, 3.8) is 0 Å². The molecule has 0 radical (unpaired) electrons. The molecule has 0 spiro atoms. The van der Waals surface area contributed by atoms with Gasteiger partial charge in [-0.2, -0.15) is 0 Å². The third-order valence-electron chi connectivity index (χ3n) is 4.39. The van der Waals surface area contributed by atoms with E-state index in [1.54, 1.807) is 19.2 Å². The molecule has 0 aliphatic heterocycles. The molecular weight excluding hydrogens is 252 g/mol. The summed E-state index contributed by atoms with van der Waals surface area (Å²) in [6, 6.07) is 7.23. The standard InChI is InChI=1S/C17H24O3/c1-12-7-8-16(9-13(12)2)20-11-17(18)14-5-4-6-15(10-14)19-3/h4-6,10,12-13,16H,7-9,11H2,1-3H3. The lowest BCUT2D eigenvalue weighted by Crippen LogP contribution is -2.28. The summed E-state index contributed by atoms with van der Waals surface area (Å²) in [7, 11) is 1.60. The summed E-state index contributed by atoms with van der Waals surface area (Å²) in [5.74, 6) is 2.18. The van der Waals surface area contributed by atoms with Gasteiger partial charge in [-0.15, -0.1) is 0 Å². The van der Waals surface area contributed by atoms with Crippen molar-refractivity contribution in [3.05, 3.63) is 29.8 Å². The number of rotatable bonds is 5. The highest BCUT2D eigenvalue weighted by atomic mass is 16.5.